The Bertz CT molecular complexity index is 59.7. The van der Waals surface area contributed by atoms with E-state index in [4.69, 9.17) is 14.3 Å². The van der Waals surface area contributed by atoms with Crippen molar-refractivity contribution in [2.24, 2.45) is 5.92 Å². The van der Waals surface area contributed by atoms with Crippen molar-refractivity contribution < 1.29 is 14.3 Å². The first kappa shape index (κ1) is 6.07. The van der Waals surface area contributed by atoms with Crippen molar-refractivity contribution in [1.29, 1.82) is 0 Å². The summed E-state index contributed by atoms with van der Waals surface area (Å²) < 4.78 is 9.45. The molecule has 1 aliphatic heterocycles. The zero-order chi connectivity index (χ0) is 5.98. The monoisotopic (exact) mass is 116 g/mol. The predicted molar refractivity (Wildman–Crippen MR) is 29.0 cm³/mol. The Balaban J connectivity index is 2.19. The summed E-state index contributed by atoms with van der Waals surface area (Å²) in [5.74, 6) is 0.415. The number of hydrogen-bond donors (Lipinski definition) is 1. The fraction of sp³-hybridized carbons (Fsp3) is 1.00. The fourth-order valence-electron chi connectivity index (χ4n) is 0.589. The van der Waals surface area contributed by atoms with E-state index < -0.39 is 7.32 Å². The molecule has 0 unspecified atom stereocenters. The van der Waals surface area contributed by atoms with Gasteiger partial charge in [0, 0.05) is 13.2 Å². The largest absolute Gasteiger partial charge is 0.636 e. The highest BCUT2D eigenvalue weighted by Crippen LogP contribution is 2.04. The molecule has 1 aliphatic rings. The van der Waals surface area contributed by atoms with Crippen LogP contribution in [0.4, 0.5) is 0 Å². The van der Waals surface area contributed by atoms with Crippen LogP contribution in [0, 0.1) is 5.92 Å². The van der Waals surface area contributed by atoms with Crippen LogP contribution >= 0.6 is 0 Å². The van der Waals surface area contributed by atoms with E-state index >= 15 is 0 Å². The van der Waals surface area contributed by atoms with Gasteiger partial charge in [-0.1, -0.05) is 6.92 Å². The lowest BCUT2D eigenvalue weighted by atomic mass is 10.1. The van der Waals surface area contributed by atoms with Gasteiger partial charge in [-0.15, -0.1) is 0 Å². The molecule has 8 heavy (non-hydrogen) atoms. The van der Waals surface area contributed by atoms with E-state index in [-0.39, 0.29) is 0 Å². The van der Waals surface area contributed by atoms with Crippen molar-refractivity contribution in [1.82, 2.24) is 0 Å². The van der Waals surface area contributed by atoms with Gasteiger partial charge in [-0.25, -0.2) is 0 Å². The van der Waals surface area contributed by atoms with Crippen molar-refractivity contribution in [2.75, 3.05) is 13.2 Å². The Labute approximate surface area is 48.8 Å². The van der Waals surface area contributed by atoms with Crippen LogP contribution < -0.4 is 0 Å². The molecule has 1 saturated heterocycles. The molecule has 0 aromatic rings. The van der Waals surface area contributed by atoms with E-state index in [1.54, 1.807) is 0 Å². The van der Waals surface area contributed by atoms with Crippen LogP contribution in [0.2, 0.25) is 0 Å². The van der Waals surface area contributed by atoms with E-state index in [1.165, 1.54) is 0 Å². The van der Waals surface area contributed by atoms with Gasteiger partial charge in [-0.05, 0) is 5.92 Å². The van der Waals surface area contributed by atoms with Crippen molar-refractivity contribution in [2.45, 2.75) is 6.92 Å². The van der Waals surface area contributed by atoms with Crippen molar-refractivity contribution in [3.63, 3.8) is 0 Å². The van der Waals surface area contributed by atoms with Crippen LogP contribution in [0.15, 0.2) is 0 Å². The molecule has 0 aromatic heterocycles. The normalized spacial score (nSPS) is 24.0. The molecule has 0 atom stereocenters. The lowest BCUT2D eigenvalue weighted by Gasteiger charge is -2.19. The summed E-state index contributed by atoms with van der Waals surface area (Å²) in [4.78, 5) is 0. The second kappa shape index (κ2) is 2.48. The molecule has 1 N–H and O–H groups in total. The highest BCUT2D eigenvalue weighted by molar-refractivity contribution is 6.34. The van der Waals surface area contributed by atoms with Crippen molar-refractivity contribution in [3.05, 3.63) is 0 Å². The highest BCUT2D eigenvalue weighted by atomic mass is 16.7. The Morgan fingerprint density at radius 3 is 2.38 bits per heavy atom. The van der Waals surface area contributed by atoms with Crippen LogP contribution in [0.25, 0.3) is 0 Å². The average Bonchev–Trinajstić information content (AvgIpc) is 1.77. The summed E-state index contributed by atoms with van der Waals surface area (Å²) in [6.07, 6.45) is 0. The van der Waals surface area contributed by atoms with Gasteiger partial charge in [0.15, 0.2) is 0 Å². The predicted octanol–water partition coefficient (Wildman–Crippen LogP) is -0.353. The van der Waals surface area contributed by atoms with Crippen molar-refractivity contribution in [3.8, 4) is 0 Å². The molecule has 4 heteroatoms. The first-order valence-electron chi connectivity index (χ1n) is 2.70. The Morgan fingerprint density at radius 2 is 2.00 bits per heavy atom. The van der Waals surface area contributed by atoms with Crippen LogP contribution in [0.3, 0.4) is 0 Å². The molecule has 0 radical (unpaired) electrons. The lowest BCUT2D eigenvalue weighted by Crippen LogP contribution is -2.34. The third-order valence-electron chi connectivity index (χ3n) is 1.05. The van der Waals surface area contributed by atoms with Crippen LogP contribution in [-0.4, -0.2) is 25.6 Å². The summed E-state index contributed by atoms with van der Waals surface area (Å²) >= 11 is 0. The third-order valence-corrected chi connectivity index (χ3v) is 1.05. The van der Waals surface area contributed by atoms with Gasteiger partial charge in [0.05, 0.1) is 0 Å². The second-order valence-electron chi connectivity index (χ2n) is 2.08. The van der Waals surface area contributed by atoms with Gasteiger partial charge >= 0.3 is 7.32 Å². The molecule has 0 aliphatic carbocycles. The van der Waals surface area contributed by atoms with Gasteiger partial charge in [0.1, 0.15) is 0 Å². The van der Waals surface area contributed by atoms with Crippen LogP contribution in [0.5, 0.6) is 0 Å². The van der Waals surface area contributed by atoms with E-state index in [0.717, 1.165) is 0 Å². The molecular formula is C4H9BO3. The highest BCUT2D eigenvalue weighted by Gasteiger charge is 2.22. The molecular weight excluding hydrogens is 107 g/mol. The molecule has 1 heterocycles. The summed E-state index contributed by atoms with van der Waals surface area (Å²) in [7, 11) is -0.980. The zero-order valence-corrected chi connectivity index (χ0v) is 4.83. The summed E-state index contributed by atoms with van der Waals surface area (Å²) in [5.41, 5.74) is 0. The first-order chi connectivity index (χ1) is 3.79. The Morgan fingerprint density at radius 1 is 1.50 bits per heavy atom. The minimum absolute atomic E-state index is 0.415. The van der Waals surface area contributed by atoms with Crippen LogP contribution in [0.1, 0.15) is 6.92 Å². The maximum atomic E-state index is 8.58. The Hall–Kier alpha value is -0.0551. The van der Waals surface area contributed by atoms with E-state index in [9.17, 15) is 0 Å². The minimum atomic E-state index is -0.980. The average molecular weight is 116 g/mol. The van der Waals surface area contributed by atoms with Gasteiger partial charge in [0.25, 0.3) is 0 Å². The molecule has 0 amide bonds. The Kier molecular flexibility index (Phi) is 1.88. The van der Waals surface area contributed by atoms with E-state index in [0.29, 0.717) is 19.1 Å². The smallest absolute Gasteiger partial charge is 0.402 e. The van der Waals surface area contributed by atoms with Gasteiger partial charge < -0.3 is 14.3 Å². The molecule has 0 saturated carbocycles. The fourth-order valence-corrected chi connectivity index (χ4v) is 0.589. The molecule has 0 bridgehead atoms. The van der Waals surface area contributed by atoms with Gasteiger partial charge in [-0.3, -0.25) is 0 Å². The van der Waals surface area contributed by atoms with Gasteiger partial charge in [0.2, 0.25) is 0 Å². The van der Waals surface area contributed by atoms with Crippen molar-refractivity contribution >= 4 is 7.32 Å². The summed E-state index contributed by atoms with van der Waals surface area (Å²) in [6.45, 7) is 3.20. The quantitative estimate of drug-likeness (QED) is 0.439. The lowest BCUT2D eigenvalue weighted by molar-refractivity contribution is 0.0458. The third kappa shape index (κ3) is 1.47. The molecule has 1 rings (SSSR count). The number of rotatable bonds is 0. The van der Waals surface area contributed by atoms with E-state index in [1.807, 2.05) is 6.92 Å². The molecule has 1 fully saturated rings. The maximum Gasteiger partial charge on any atom is 0.636 e. The second-order valence-corrected chi connectivity index (χ2v) is 2.08. The molecule has 3 nitrogen and oxygen atoms in total. The molecule has 0 spiro atoms. The topological polar surface area (TPSA) is 38.7 Å². The van der Waals surface area contributed by atoms with Crippen LogP contribution in [-0.2, 0) is 9.31 Å². The van der Waals surface area contributed by atoms with Gasteiger partial charge in [-0.2, -0.15) is 0 Å². The minimum Gasteiger partial charge on any atom is -0.402 e. The standard InChI is InChI=1S/C4H9BO3/c1-4-2-7-5(6)8-3-4/h4,6H,2-3H2,1H3. The molecule has 46 valence electrons. The summed E-state index contributed by atoms with van der Waals surface area (Å²) in [5, 5.41) is 8.58. The summed E-state index contributed by atoms with van der Waals surface area (Å²) in [6, 6.07) is 0. The van der Waals surface area contributed by atoms with E-state index in [2.05, 4.69) is 0 Å². The first-order valence-corrected chi connectivity index (χ1v) is 2.70. The zero-order valence-electron chi connectivity index (χ0n) is 4.83. The SMILES string of the molecule is CC1COB(O)OC1. The number of hydrogen-bond acceptors (Lipinski definition) is 3. The maximum absolute atomic E-state index is 8.58. The molecule has 0 aromatic carbocycles.